The molecule has 2 aromatic rings. The number of rotatable bonds is 4. The van der Waals surface area contributed by atoms with Gasteiger partial charge in [0.2, 0.25) is 5.28 Å². The summed E-state index contributed by atoms with van der Waals surface area (Å²) in [7, 11) is 0. The molecular formula is C10H12ClN5O2. The fraction of sp³-hybridized carbons (Fsp3) is 0.400. The zero-order valence-electron chi connectivity index (χ0n) is 9.81. The molecule has 2 heterocycles. The number of nitrogens with one attached hydrogen (secondary N) is 2. The third-order valence-corrected chi connectivity index (χ3v) is 2.65. The average Bonchev–Trinajstić information content (AvgIpc) is 2.72. The van der Waals surface area contributed by atoms with Gasteiger partial charge in [-0.1, -0.05) is 13.8 Å². The first kappa shape index (κ1) is 12.6. The number of imidazole rings is 1. The lowest BCUT2D eigenvalue weighted by Gasteiger charge is -2.18. The molecule has 0 unspecified atom stereocenters. The number of nitrogens with zero attached hydrogens (tertiary/aromatic N) is 3. The fourth-order valence-electron chi connectivity index (χ4n) is 1.57. The average molecular weight is 270 g/mol. The van der Waals surface area contributed by atoms with Crippen LogP contribution in [-0.4, -0.2) is 37.1 Å². The molecule has 2 rings (SSSR count). The van der Waals surface area contributed by atoms with Crippen LogP contribution in [0.3, 0.4) is 0 Å². The molecule has 0 spiro atoms. The third-order valence-electron chi connectivity index (χ3n) is 2.48. The Morgan fingerprint density at radius 1 is 1.50 bits per heavy atom. The first-order valence-corrected chi connectivity index (χ1v) is 5.72. The van der Waals surface area contributed by atoms with Gasteiger partial charge >= 0.3 is 5.97 Å². The Morgan fingerprint density at radius 3 is 2.83 bits per heavy atom. The molecule has 0 saturated heterocycles. The van der Waals surface area contributed by atoms with Crippen LogP contribution in [0.1, 0.15) is 13.8 Å². The minimum atomic E-state index is -0.951. The number of hydrogen-bond acceptors (Lipinski definition) is 5. The largest absolute Gasteiger partial charge is 0.480 e. The zero-order chi connectivity index (χ0) is 13.3. The van der Waals surface area contributed by atoms with Gasteiger partial charge in [0.25, 0.3) is 0 Å². The van der Waals surface area contributed by atoms with Crippen LogP contribution in [-0.2, 0) is 4.79 Å². The van der Waals surface area contributed by atoms with Crippen LogP contribution >= 0.6 is 11.6 Å². The summed E-state index contributed by atoms with van der Waals surface area (Å²) in [6.45, 7) is 3.61. The molecule has 0 saturated carbocycles. The van der Waals surface area contributed by atoms with Crippen molar-refractivity contribution in [1.29, 1.82) is 0 Å². The number of H-pyrrole nitrogens is 1. The van der Waals surface area contributed by atoms with E-state index in [1.807, 2.05) is 0 Å². The molecule has 0 aliphatic heterocycles. The molecule has 1 atom stereocenters. The topological polar surface area (TPSA) is 104 Å². The minimum Gasteiger partial charge on any atom is -0.480 e. The van der Waals surface area contributed by atoms with Gasteiger partial charge in [0.15, 0.2) is 11.5 Å². The van der Waals surface area contributed by atoms with Crippen LogP contribution in [0.5, 0.6) is 0 Å². The van der Waals surface area contributed by atoms with E-state index in [9.17, 15) is 4.79 Å². The van der Waals surface area contributed by atoms with Gasteiger partial charge < -0.3 is 15.4 Å². The lowest BCUT2D eigenvalue weighted by atomic mass is 10.1. The molecule has 2 aromatic heterocycles. The predicted octanol–water partition coefficient (Wildman–Crippen LogP) is 1.53. The third kappa shape index (κ3) is 2.35. The SMILES string of the molecule is CC(C)[C@@H](Nc1nc(Cl)nc2nc[nH]c12)C(=O)O. The smallest absolute Gasteiger partial charge is 0.326 e. The highest BCUT2D eigenvalue weighted by atomic mass is 35.5. The molecule has 0 aliphatic carbocycles. The van der Waals surface area contributed by atoms with Gasteiger partial charge in [-0.3, -0.25) is 0 Å². The van der Waals surface area contributed by atoms with E-state index in [4.69, 9.17) is 16.7 Å². The van der Waals surface area contributed by atoms with E-state index < -0.39 is 12.0 Å². The number of aromatic nitrogens is 4. The van der Waals surface area contributed by atoms with Crippen LogP contribution in [0.4, 0.5) is 5.82 Å². The molecule has 0 amide bonds. The van der Waals surface area contributed by atoms with Crippen molar-refractivity contribution in [3.05, 3.63) is 11.6 Å². The molecule has 0 bridgehead atoms. The number of hydrogen-bond donors (Lipinski definition) is 3. The van der Waals surface area contributed by atoms with Crippen molar-refractivity contribution in [1.82, 2.24) is 19.9 Å². The van der Waals surface area contributed by atoms with Crippen molar-refractivity contribution >= 4 is 34.6 Å². The highest BCUT2D eigenvalue weighted by molar-refractivity contribution is 6.28. The summed E-state index contributed by atoms with van der Waals surface area (Å²) in [5, 5.41) is 12.0. The number of anilines is 1. The Bertz CT molecular complexity index is 583. The molecule has 8 heteroatoms. The molecular weight excluding hydrogens is 258 g/mol. The summed E-state index contributed by atoms with van der Waals surface area (Å²) < 4.78 is 0. The number of carbonyl (C=O) groups is 1. The maximum atomic E-state index is 11.1. The van der Waals surface area contributed by atoms with E-state index in [1.54, 1.807) is 13.8 Å². The van der Waals surface area contributed by atoms with Gasteiger partial charge in [-0.15, -0.1) is 0 Å². The van der Waals surface area contributed by atoms with Crippen molar-refractivity contribution in [2.24, 2.45) is 5.92 Å². The summed E-state index contributed by atoms with van der Waals surface area (Å²) in [6, 6.07) is -0.762. The van der Waals surface area contributed by atoms with Crippen LogP contribution in [0.15, 0.2) is 6.33 Å². The van der Waals surface area contributed by atoms with E-state index in [2.05, 4.69) is 25.3 Å². The van der Waals surface area contributed by atoms with Crippen molar-refractivity contribution in [2.75, 3.05) is 5.32 Å². The highest BCUT2D eigenvalue weighted by Gasteiger charge is 2.23. The molecule has 96 valence electrons. The van der Waals surface area contributed by atoms with Gasteiger partial charge in [0.1, 0.15) is 11.6 Å². The maximum absolute atomic E-state index is 11.1. The molecule has 18 heavy (non-hydrogen) atoms. The normalized spacial score (nSPS) is 12.9. The van der Waals surface area contributed by atoms with E-state index in [-0.39, 0.29) is 11.2 Å². The molecule has 0 fully saturated rings. The van der Waals surface area contributed by atoms with Crippen molar-refractivity contribution in [3.8, 4) is 0 Å². The standard InChI is InChI=1S/C10H12ClN5O2/c1-4(2)5(9(17)18)14-8-6-7(13-3-12-6)15-10(11)16-8/h3-5H,1-2H3,(H,17,18)(H2,12,13,14,15,16)/t5-/m1/s1. The van der Waals surface area contributed by atoms with Crippen molar-refractivity contribution < 1.29 is 9.90 Å². The lowest BCUT2D eigenvalue weighted by Crippen LogP contribution is -2.34. The van der Waals surface area contributed by atoms with Gasteiger partial charge in [0.05, 0.1) is 6.33 Å². The predicted molar refractivity (Wildman–Crippen MR) is 66.6 cm³/mol. The van der Waals surface area contributed by atoms with Gasteiger partial charge in [-0.2, -0.15) is 9.97 Å². The number of aromatic amines is 1. The Balaban J connectivity index is 2.41. The Hall–Kier alpha value is -1.89. The lowest BCUT2D eigenvalue weighted by molar-refractivity contribution is -0.138. The molecule has 0 aromatic carbocycles. The summed E-state index contributed by atoms with van der Waals surface area (Å²) >= 11 is 5.76. The molecule has 3 N–H and O–H groups in total. The second kappa shape index (κ2) is 4.77. The summed E-state index contributed by atoms with van der Waals surface area (Å²) in [5.74, 6) is -0.717. The zero-order valence-corrected chi connectivity index (χ0v) is 10.6. The van der Waals surface area contributed by atoms with E-state index >= 15 is 0 Å². The van der Waals surface area contributed by atoms with E-state index in [1.165, 1.54) is 6.33 Å². The Labute approximate surface area is 108 Å². The first-order chi connectivity index (χ1) is 8.49. The fourth-order valence-corrected chi connectivity index (χ4v) is 1.74. The Morgan fingerprint density at radius 2 is 2.22 bits per heavy atom. The van der Waals surface area contributed by atoms with E-state index in [0.29, 0.717) is 17.0 Å². The number of fused-ring (bicyclic) bond motifs is 1. The van der Waals surface area contributed by atoms with Crippen LogP contribution in [0.2, 0.25) is 5.28 Å². The number of halogens is 1. The van der Waals surface area contributed by atoms with Gasteiger partial charge in [0, 0.05) is 0 Å². The van der Waals surface area contributed by atoms with Crippen LogP contribution in [0, 0.1) is 5.92 Å². The summed E-state index contributed by atoms with van der Waals surface area (Å²) in [4.78, 5) is 25.9. The number of carboxylic acids is 1. The van der Waals surface area contributed by atoms with Gasteiger partial charge in [-0.25, -0.2) is 9.78 Å². The Kier molecular flexibility index (Phi) is 3.33. The van der Waals surface area contributed by atoms with Crippen molar-refractivity contribution in [3.63, 3.8) is 0 Å². The number of aliphatic carboxylic acids is 1. The summed E-state index contributed by atoms with van der Waals surface area (Å²) in [5.41, 5.74) is 0.927. The van der Waals surface area contributed by atoms with Gasteiger partial charge in [-0.05, 0) is 17.5 Å². The molecule has 0 radical (unpaired) electrons. The quantitative estimate of drug-likeness (QED) is 0.727. The second-order valence-corrected chi connectivity index (χ2v) is 4.48. The second-order valence-electron chi connectivity index (χ2n) is 4.15. The van der Waals surface area contributed by atoms with Crippen LogP contribution < -0.4 is 5.32 Å². The van der Waals surface area contributed by atoms with E-state index in [0.717, 1.165) is 0 Å². The number of carboxylic acid groups (broad SMARTS) is 1. The molecule has 7 nitrogen and oxygen atoms in total. The maximum Gasteiger partial charge on any atom is 0.326 e. The highest BCUT2D eigenvalue weighted by Crippen LogP contribution is 2.20. The molecule has 0 aliphatic rings. The summed E-state index contributed by atoms with van der Waals surface area (Å²) in [6.07, 6.45) is 1.45. The first-order valence-electron chi connectivity index (χ1n) is 5.35. The monoisotopic (exact) mass is 269 g/mol. The van der Waals surface area contributed by atoms with Crippen molar-refractivity contribution in [2.45, 2.75) is 19.9 Å². The minimum absolute atomic E-state index is 0.0185. The van der Waals surface area contributed by atoms with Crippen LogP contribution in [0.25, 0.3) is 11.2 Å².